The van der Waals surface area contributed by atoms with Gasteiger partial charge in [0.1, 0.15) is 5.56 Å². The van der Waals surface area contributed by atoms with Crippen molar-refractivity contribution in [2.24, 2.45) is 0 Å². The van der Waals surface area contributed by atoms with Gasteiger partial charge >= 0.3 is 0 Å². The van der Waals surface area contributed by atoms with Gasteiger partial charge in [-0.05, 0) is 45.8 Å². The molecular formula is C17H25N5O. The summed E-state index contributed by atoms with van der Waals surface area (Å²) in [6.45, 7) is 7.77. The Kier molecular flexibility index (Phi) is 4.91. The molecule has 1 fully saturated rings. The minimum Gasteiger partial charge on any atom is -0.351 e. The molecule has 1 aliphatic rings. The SMILES string of the molecule is Cc1cc(C)n2ncc(C(=O)NCCN3CCCCCC3)c2n1. The van der Waals surface area contributed by atoms with Crippen molar-refractivity contribution in [3.63, 3.8) is 0 Å². The van der Waals surface area contributed by atoms with Crippen LogP contribution in [0.4, 0.5) is 0 Å². The van der Waals surface area contributed by atoms with Crippen LogP contribution in [0.1, 0.15) is 47.4 Å². The van der Waals surface area contributed by atoms with Gasteiger partial charge in [-0.3, -0.25) is 4.79 Å². The molecule has 1 amide bonds. The summed E-state index contributed by atoms with van der Waals surface area (Å²) in [7, 11) is 0. The zero-order valence-electron chi connectivity index (χ0n) is 14.0. The molecule has 2 aromatic heterocycles. The van der Waals surface area contributed by atoms with Gasteiger partial charge in [-0.2, -0.15) is 5.10 Å². The fourth-order valence-electron chi connectivity index (χ4n) is 3.21. The highest BCUT2D eigenvalue weighted by molar-refractivity contribution is 5.99. The van der Waals surface area contributed by atoms with E-state index >= 15 is 0 Å². The van der Waals surface area contributed by atoms with Gasteiger partial charge in [0.05, 0.1) is 6.20 Å². The van der Waals surface area contributed by atoms with E-state index in [9.17, 15) is 4.79 Å². The second-order valence-electron chi connectivity index (χ2n) is 6.34. The summed E-state index contributed by atoms with van der Waals surface area (Å²) in [5.74, 6) is -0.0904. The first-order valence-corrected chi connectivity index (χ1v) is 8.48. The molecule has 0 bridgehead atoms. The molecule has 1 saturated heterocycles. The predicted octanol–water partition coefficient (Wildman–Crippen LogP) is 1.95. The standard InChI is InChI=1S/C17H25N5O/c1-13-11-14(2)22-16(20-13)15(12-19-22)17(23)18-7-10-21-8-5-3-4-6-9-21/h11-12H,3-10H2,1-2H3,(H,18,23). The lowest BCUT2D eigenvalue weighted by Crippen LogP contribution is -2.35. The number of aryl methyl sites for hydroxylation is 2. The Bertz CT molecular complexity index is 686. The average Bonchev–Trinajstić information content (AvgIpc) is 2.76. The van der Waals surface area contributed by atoms with E-state index in [1.165, 1.54) is 25.7 Å². The number of hydrogen-bond acceptors (Lipinski definition) is 4. The Morgan fingerprint density at radius 1 is 1.22 bits per heavy atom. The first kappa shape index (κ1) is 15.9. The normalized spacial score (nSPS) is 16.4. The summed E-state index contributed by atoms with van der Waals surface area (Å²) < 4.78 is 1.72. The van der Waals surface area contributed by atoms with E-state index in [1.54, 1.807) is 10.7 Å². The topological polar surface area (TPSA) is 62.5 Å². The maximum Gasteiger partial charge on any atom is 0.256 e. The van der Waals surface area contributed by atoms with Gasteiger partial charge in [0.15, 0.2) is 5.65 Å². The average molecular weight is 315 g/mol. The Morgan fingerprint density at radius 3 is 2.70 bits per heavy atom. The van der Waals surface area contributed by atoms with Crippen molar-refractivity contribution in [3.8, 4) is 0 Å². The van der Waals surface area contributed by atoms with Crippen LogP contribution in [0.3, 0.4) is 0 Å². The van der Waals surface area contributed by atoms with E-state index in [0.717, 1.165) is 31.0 Å². The van der Waals surface area contributed by atoms with Crippen molar-refractivity contribution in [3.05, 3.63) is 29.2 Å². The number of hydrogen-bond donors (Lipinski definition) is 1. The van der Waals surface area contributed by atoms with Gasteiger partial charge in [-0.1, -0.05) is 12.8 Å². The van der Waals surface area contributed by atoms with E-state index in [2.05, 4.69) is 20.3 Å². The molecule has 0 spiro atoms. The number of nitrogens with one attached hydrogen (secondary N) is 1. The van der Waals surface area contributed by atoms with E-state index in [0.29, 0.717) is 17.8 Å². The summed E-state index contributed by atoms with van der Waals surface area (Å²) in [6.07, 6.45) is 6.80. The van der Waals surface area contributed by atoms with Crippen molar-refractivity contribution >= 4 is 11.6 Å². The first-order valence-electron chi connectivity index (χ1n) is 8.48. The van der Waals surface area contributed by atoms with Crippen LogP contribution in [0.5, 0.6) is 0 Å². The van der Waals surface area contributed by atoms with Crippen LogP contribution in [0, 0.1) is 13.8 Å². The minimum atomic E-state index is -0.0904. The summed E-state index contributed by atoms with van der Waals surface area (Å²) in [4.78, 5) is 19.3. The van der Waals surface area contributed by atoms with Gasteiger partial charge < -0.3 is 10.2 Å². The maximum atomic E-state index is 12.4. The molecule has 3 heterocycles. The van der Waals surface area contributed by atoms with E-state index < -0.39 is 0 Å². The molecule has 0 aliphatic carbocycles. The van der Waals surface area contributed by atoms with Crippen molar-refractivity contribution in [2.75, 3.05) is 26.2 Å². The third kappa shape index (κ3) is 3.69. The van der Waals surface area contributed by atoms with Gasteiger partial charge in [0.2, 0.25) is 0 Å². The lowest BCUT2D eigenvalue weighted by atomic mass is 10.2. The number of amides is 1. The van der Waals surface area contributed by atoms with Crippen molar-refractivity contribution in [1.82, 2.24) is 24.8 Å². The third-order valence-electron chi connectivity index (χ3n) is 4.43. The summed E-state index contributed by atoms with van der Waals surface area (Å²) >= 11 is 0. The Morgan fingerprint density at radius 2 is 1.96 bits per heavy atom. The molecule has 23 heavy (non-hydrogen) atoms. The molecule has 1 aliphatic heterocycles. The highest BCUT2D eigenvalue weighted by Crippen LogP contribution is 2.12. The highest BCUT2D eigenvalue weighted by atomic mass is 16.1. The predicted molar refractivity (Wildman–Crippen MR) is 89.7 cm³/mol. The van der Waals surface area contributed by atoms with E-state index in [4.69, 9.17) is 0 Å². The summed E-state index contributed by atoms with van der Waals surface area (Å²) in [5.41, 5.74) is 3.06. The zero-order valence-corrected chi connectivity index (χ0v) is 14.0. The van der Waals surface area contributed by atoms with Crippen molar-refractivity contribution in [1.29, 1.82) is 0 Å². The fraction of sp³-hybridized carbons (Fsp3) is 0.588. The minimum absolute atomic E-state index is 0.0904. The van der Waals surface area contributed by atoms with Crippen LogP contribution in [0.15, 0.2) is 12.3 Å². The highest BCUT2D eigenvalue weighted by Gasteiger charge is 2.15. The quantitative estimate of drug-likeness (QED) is 0.937. The van der Waals surface area contributed by atoms with Crippen LogP contribution in [-0.2, 0) is 0 Å². The number of rotatable bonds is 4. The zero-order chi connectivity index (χ0) is 16.2. The largest absolute Gasteiger partial charge is 0.351 e. The van der Waals surface area contributed by atoms with Gasteiger partial charge in [-0.15, -0.1) is 0 Å². The number of carbonyl (C=O) groups is 1. The fourth-order valence-corrected chi connectivity index (χ4v) is 3.21. The smallest absolute Gasteiger partial charge is 0.256 e. The number of aromatic nitrogens is 3. The summed E-state index contributed by atoms with van der Waals surface area (Å²) in [5, 5.41) is 7.28. The van der Waals surface area contributed by atoms with Crippen LogP contribution in [-0.4, -0.2) is 51.6 Å². The summed E-state index contributed by atoms with van der Waals surface area (Å²) in [6, 6.07) is 1.96. The van der Waals surface area contributed by atoms with E-state index in [1.807, 2.05) is 19.9 Å². The molecule has 0 saturated carbocycles. The number of fused-ring (bicyclic) bond motifs is 1. The number of nitrogens with zero attached hydrogens (tertiary/aromatic N) is 4. The molecule has 0 unspecified atom stereocenters. The molecule has 124 valence electrons. The molecular weight excluding hydrogens is 290 g/mol. The lowest BCUT2D eigenvalue weighted by molar-refractivity contribution is 0.0950. The molecule has 0 aromatic carbocycles. The van der Waals surface area contributed by atoms with Gasteiger partial charge in [0.25, 0.3) is 5.91 Å². The molecule has 1 N–H and O–H groups in total. The molecule has 0 atom stereocenters. The second-order valence-corrected chi connectivity index (χ2v) is 6.34. The van der Waals surface area contributed by atoms with Crippen molar-refractivity contribution < 1.29 is 4.79 Å². The molecule has 3 rings (SSSR count). The molecule has 2 aromatic rings. The Balaban J connectivity index is 1.62. The van der Waals surface area contributed by atoms with Gasteiger partial charge in [0, 0.05) is 24.5 Å². The maximum absolute atomic E-state index is 12.4. The van der Waals surface area contributed by atoms with E-state index in [-0.39, 0.29) is 5.91 Å². The monoisotopic (exact) mass is 315 g/mol. The van der Waals surface area contributed by atoms with Crippen LogP contribution < -0.4 is 5.32 Å². The molecule has 6 heteroatoms. The number of carbonyl (C=O) groups excluding carboxylic acids is 1. The van der Waals surface area contributed by atoms with Crippen LogP contribution in [0.2, 0.25) is 0 Å². The Hall–Kier alpha value is -1.95. The Labute approximate surface area is 136 Å². The van der Waals surface area contributed by atoms with Crippen molar-refractivity contribution in [2.45, 2.75) is 39.5 Å². The molecule has 6 nitrogen and oxygen atoms in total. The lowest BCUT2D eigenvalue weighted by Gasteiger charge is -2.19. The molecule has 0 radical (unpaired) electrons. The second kappa shape index (κ2) is 7.08. The van der Waals surface area contributed by atoms with Gasteiger partial charge in [-0.25, -0.2) is 9.50 Å². The van der Waals surface area contributed by atoms with Crippen LogP contribution >= 0.6 is 0 Å². The van der Waals surface area contributed by atoms with Crippen LogP contribution in [0.25, 0.3) is 5.65 Å². The number of likely N-dealkylation sites (tertiary alicyclic amines) is 1. The third-order valence-corrected chi connectivity index (χ3v) is 4.43. The first-order chi connectivity index (χ1) is 11.1.